The van der Waals surface area contributed by atoms with Gasteiger partial charge in [-0.25, -0.2) is 0 Å². The summed E-state index contributed by atoms with van der Waals surface area (Å²) in [6.45, 7) is 0. The highest BCUT2D eigenvalue weighted by Gasteiger charge is 2.40. The minimum Gasteiger partial charge on any atom is -0.369 e. The van der Waals surface area contributed by atoms with Gasteiger partial charge in [0.15, 0.2) is 0 Å². The number of benzene rings is 1. The van der Waals surface area contributed by atoms with E-state index in [4.69, 9.17) is 0 Å². The number of carbonyl (C=O) groups is 1. The number of ketones is 1. The van der Waals surface area contributed by atoms with Gasteiger partial charge in [0.05, 0.1) is 4.87 Å². The Balaban J connectivity index is 1.86. The number of hydrogen-bond donors (Lipinski definition) is 1. The second kappa shape index (κ2) is 3.27. The summed E-state index contributed by atoms with van der Waals surface area (Å²) in [6, 6.07) is 8.39. The predicted octanol–water partition coefficient (Wildman–Crippen LogP) is 3.04. The fourth-order valence-electron chi connectivity index (χ4n) is 2.30. The van der Waals surface area contributed by atoms with Crippen molar-refractivity contribution in [1.29, 1.82) is 0 Å². The number of rotatable bonds is 0. The van der Waals surface area contributed by atoms with Gasteiger partial charge in [-0.3, -0.25) is 4.79 Å². The molecule has 0 radical (unpaired) electrons. The van der Waals surface area contributed by atoms with Crippen LogP contribution in [0.25, 0.3) is 0 Å². The maximum atomic E-state index is 11.2. The van der Waals surface area contributed by atoms with Crippen LogP contribution in [0.3, 0.4) is 0 Å². The van der Waals surface area contributed by atoms with Crippen LogP contribution >= 0.6 is 11.8 Å². The smallest absolute Gasteiger partial charge is 0.133 e. The van der Waals surface area contributed by atoms with Crippen LogP contribution in [-0.4, -0.2) is 10.7 Å². The maximum Gasteiger partial charge on any atom is 0.133 e. The van der Waals surface area contributed by atoms with Crippen LogP contribution in [-0.2, 0) is 4.79 Å². The Kier molecular flexibility index (Phi) is 2.02. The lowest BCUT2D eigenvalue weighted by Gasteiger charge is -2.32. The predicted molar refractivity (Wildman–Crippen MR) is 62.1 cm³/mol. The van der Waals surface area contributed by atoms with Gasteiger partial charge in [0.1, 0.15) is 5.78 Å². The summed E-state index contributed by atoms with van der Waals surface area (Å²) < 4.78 is 0. The van der Waals surface area contributed by atoms with Gasteiger partial charge < -0.3 is 5.32 Å². The highest BCUT2D eigenvalue weighted by atomic mass is 32.2. The monoisotopic (exact) mass is 219 g/mol. The first-order valence-corrected chi connectivity index (χ1v) is 6.17. The number of hydrogen-bond acceptors (Lipinski definition) is 3. The molecule has 1 saturated carbocycles. The van der Waals surface area contributed by atoms with E-state index in [1.54, 1.807) is 0 Å². The standard InChI is InChI=1S/C12H13NOS/c14-9-5-7-12(8-6-9)13-10-3-1-2-4-11(10)15-12/h1-4,13H,5-8H2. The van der Waals surface area contributed by atoms with E-state index in [0.717, 1.165) is 25.7 Å². The molecular weight excluding hydrogens is 206 g/mol. The second-order valence-corrected chi connectivity index (χ2v) is 5.68. The van der Waals surface area contributed by atoms with Crippen molar-refractivity contribution in [3.63, 3.8) is 0 Å². The zero-order chi connectivity index (χ0) is 10.3. The lowest BCUT2D eigenvalue weighted by Crippen LogP contribution is -2.35. The lowest BCUT2D eigenvalue weighted by molar-refractivity contribution is -0.120. The van der Waals surface area contributed by atoms with E-state index in [1.165, 1.54) is 10.6 Å². The summed E-state index contributed by atoms with van der Waals surface area (Å²) in [7, 11) is 0. The van der Waals surface area contributed by atoms with Crippen molar-refractivity contribution in [3.05, 3.63) is 24.3 Å². The Morgan fingerprint density at radius 1 is 1.20 bits per heavy atom. The summed E-state index contributed by atoms with van der Waals surface area (Å²) >= 11 is 1.90. The first-order chi connectivity index (χ1) is 7.27. The molecule has 1 aliphatic heterocycles. The molecule has 0 aromatic heterocycles. The molecule has 0 unspecified atom stereocenters. The average molecular weight is 219 g/mol. The number of nitrogens with one attached hydrogen (secondary N) is 1. The molecule has 1 spiro atoms. The fourth-order valence-corrected chi connectivity index (χ4v) is 3.67. The van der Waals surface area contributed by atoms with Gasteiger partial charge in [-0.05, 0) is 25.0 Å². The Morgan fingerprint density at radius 3 is 2.67 bits per heavy atom. The third-order valence-corrected chi connectivity index (χ3v) is 4.65. The van der Waals surface area contributed by atoms with Gasteiger partial charge in [-0.15, -0.1) is 0 Å². The minimum absolute atomic E-state index is 0.109. The van der Waals surface area contributed by atoms with Crippen molar-refractivity contribution in [1.82, 2.24) is 0 Å². The van der Waals surface area contributed by atoms with E-state index in [1.807, 2.05) is 11.8 Å². The number of para-hydroxylation sites is 1. The van der Waals surface area contributed by atoms with Gasteiger partial charge in [0, 0.05) is 23.4 Å². The van der Waals surface area contributed by atoms with E-state index in [9.17, 15) is 4.79 Å². The molecule has 2 nitrogen and oxygen atoms in total. The molecule has 0 atom stereocenters. The molecular formula is C12H13NOS. The Hall–Kier alpha value is -0.960. The van der Waals surface area contributed by atoms with Crippen LogP contribution in [0.4, 0.5) is 5.69 Å². The molecule has 78 valence electrons. The van der Waals surface area contributed by atoms with Gasteiger partial charge in [0.2, 0.25) is 0 Å². The summed E-state index contributed by atoms with van der Waals surface area (Å²) in [6.07, 6.45) is 3.39. The van der Waals surface area contributed by atoms with Gasteiger partial charge in [-0.1, -0.05) is 23.9 Å². The zero-order valence-corrected chi connectivity index (χ0v) is 9.27. The number of anilines is 1. The molecule has 0 saturated heterocycles. The third-order valence-electron chi connectivity index (χ3n) is 3.17. The molecule has 0 amide bonds. The molecule has 1 fully saturated rings. The summed E-state index contributed by atoms with van der Waals surface area (Å²) in [5.41, 5.74) is 1.23. The Morgan fingerprint density at radius 2 is 1.93 bits per heavy atom. The van der Waals surface area contributed by atoms with Crippen LogP contribution in [0, 0.1) is 0 Å². The van der Waals surface area contributed by atoms with Crippen LogP contribution in [0.2, 0.25) is 0 Å². The Labute approximate surface area is 93.4 Å². The fraction of sp³-hybridized carbons (Fsp3) is 0.417. The van der Waals surface area contributed by atoms with Crippen molar-refractivity contribution in [2.45, 2.75) is 35.4 Å². The molecule has 1 aromatic carbocycles. The molecule has 3 rings (SSSR count). The van der Waals surface area contributed by atoms with E-state index in [2.05, 4.69) is 29.6 Å². The SMILES string of the molecule is O=C1CCC2(CC1)Nc1ccccc1S2. The highest BCUT2D eigenvalue weighted by Crippen LogP contribution is 2.51. The second-order valence-electron chi connectivity index (χ2n) is 4.26. The molecule has 2 aliphatic rings. The van der Waals surface area contributed by atoms with Gasteiger partial charge in [-0.2, -0.15) is 0 Å². The largest absolute Gasteiger partial charge is 0.369 e. The first-order valence-electron chi connectivity index (χ1n) is 5.35. The summed E-state index contributed by atoms with van der Waals surface area (Å²) in [5.74, 6) is 0.416. The van der Waals surface area contributed by atoms with Crippen LogP contribution in [0.5, 0.6) is 0 Å². The van der Waals surface area contributed by atoms with Crippen molar-refractivity contribution in [3.8, 4) is 0 Å². The van der Waals surface area contributed by atoms with Crippen LogP contribution in [0.1, 0.15) is 25.7 Å². The zero-order valence-electron chi connectivity index (χ0n) is 8.45. The van der Waals surface area contributed by atoms with Crippen molar-refractivity contribution in [2.24, 2.45) is 0 Å². The number of Topliss-reactive ketones (excluding diaryl/α,β-unsaturated/α-hetero) is 1. The molecule has 1 heterocycles. The minimum atomic E-state index is 0.109. The van der Waals surface area contributed by atoms with Crippen molar-refractivity contribution >= 4 is 23.2 Å². The number of carbonyl (C=O) groups excluding carboxylic acids is 1. The van der Waals surface area contributed by atoms with Gasteiger partial charge in [0.25, 0.3) is 0 Å². The quantitative estimate of drug-likeness (QED) is 0.727. The van der Waals surface area contributed by atoms with Crippen molar-refractivity contribution < 1.29 is 4.79 Å². The van der Waals surface area contributed by atoms with E-state index < -0.39 is 0 Å². The average Bonchev–Trinajstić information content (AvgIpc) is 2.61. The van der Waals surface area contributed by atoms with E-state index in [0.29, 0.717) is 5.78 Å². The number of fused-ring (bicyclic) bond motifs is 1. The lowest BCUT2D eigenvalue weighted by atomic mass is 9.93. The van der Waals surface area contributed by atoms with Crippen molar-refractivity contribution in [2.75, 3.05) is 5.32 Å². The number of thioether (sulfide) groups is 1. The molecule has 0 bridgehead atoms. The van der Waals surface area contributed by atoms with Crippen LogP contribution in [0.15, 0.2) is 29.2 Å². The molecule has 1 N–H and O–H groups in total. The molecule has 3 heteroatoms. The Bertz CT molecular complexity index is 379. The van der Waals surface area contributed by atoms with Crippen LogP contribution < -0.4 is 5.32 Å². The third kappa shape index (κ3) is 1.55. The van der Waals surface area contributed by atoms with E-state index in [-0.39, 0.29) is 4.87 Å². The molecule has 15 heavy (non-hydrogen) atoms. The topological polar surface area (TPSA) is 29.1 Å². The highest BCUT2D eigenvalue weighted by molar-refractivity contribution is 8.01. The molecule has 1 aromatic rings. The summed E-state index contributed by atoms with van der Waals surface area (Å²) in [5, 5.41) is 3.58. The van der Waals surface area contributed by atoms with E-state index >= 15 is 0 Å². The molecule has 1 aliphatic carbocycles. The maximum absolute atomic E-state index is 11.2. The first kappa shape index (κ1) is 9.28. The normalized spacial score (nSPS) is 22.5. The summed E-state index contributed by atoms with van der Waals surface area (Å²) in [4.78, 5) is 12.7. The van der Waals surface area contributed by atoms with Gasteiger partial charge >= 0.3 is 0 Å².